The Labute approximate surface area is 94.5 Å². The third kappa shape index (κ3) is 1.66. The van der Waals surface area contributed by atoms with Gasteiger partial charge in [0.05, 0.1) is 25.8 Å². The van der Waals surface area contributed by atoms with E-state index in [0.717, 1.165) is 0 Å². The maximum atomic E-state index is 12.0. The van der Waals surface area contributed by atoms with E-state index in [0.29, 0.717) is 16.0 Å². The molecule has 1 aromatic rings. The molecule has 0 fully saturated rings. The van der Waals surface area contributed by atoms with Crippen LogP contribution in [-0.2, 0) is 15.3 Å². The number of hydrogen-bond acceptors (Lipinski definition) is 3. The summed E-state index contributed by atoms with van der Waals surface area (Å²) in [6, 6.07) is 4.84. The summed E-state index contributed by atoms with van der Waals surface area (Å²) in [5.74, 6) is -0.440. The molecule has 1 heterocycles. The smallest absolute Gasteiger partial charge is 0.286 e. The van der Waals surface area contributed by atoms with Gasteiger partial charge in [-0.2, -0.15) is 4.36 Å². The first-order chi connectivity index (χ1) is 7.22. The molecule has 1 amide bonds. The van der Waals surface area contributed by atoms with Crippen LogP contribution in [-0.4, -0.2) is 21.5 Å². The number of carbonyl (C=O) groups excluding carboxylic acids is 1. The molecule has 86 valence electrons. The highest BCUT2D eigenvalue weighted by Gasteiger charge is 2.28. The third-order valence-electron chi connectivity index (χ3n) is 2.58. The first-order valence-electron chi connectivity index (χ1n) is 4.85. The summed E-state index contributed by atoms with van der Waals surface area (Å²) in [6.45, 7) is 3.28. The minimum Gasteiger partial charge on any atom is -0.386 e. The standard InChI is InChI=1S/C11H13NO3S/c1-11(2,14)7-4-5-8-9(6-7)16(3,15)12-10(8)13/h4-6,14H,1-3H3. The minimum atomic E-state index is -2.62. The topological polar surface area (TPSA) is 66.7 Å². The van der Waals surface area contributed by atoms with Crippen LogP contribution >= 0.6 is 0 Å². The fraction of sp³-hybridized carbons (Fsp3) is 0.364. The van der Waals surface area contributed by atoms with Crippen LogP contribution in [0.5, 0.6) is 0 Å². The van der Waals surface area contributed by atoms with Gasteiger partial charge in [0.15, 0.2) is 0 Å². The summed E-state index contributed by atoms with van der Waals surface area (Å²) in [4.78, 5) is 11.9. The molecule has 5 heteroatoms. The number of hydrogen-bond donors (Lipinski definition) is 1. The summed E-state index contributed by atoms with van der Waals surface area (Å²) in [7, 11) is -2.62. The number of benzene rings is 1. The first-order valence-corrected chi connectivity index (χ1v) is 6.77. The van der Waals surface area contributed by atoms with E-state index in [2.05, 4.69) is 4.36 Å². The second-order valence-electron chi connectivity index (χ2n) is 4.47. The molecule has 1 aromatic carbocycles. The van der Waals surface area contributed by atoms with Crippen molar-refractivity contribution in [2.75, 3.05) is 6.26 Å². The van der Waals surface area contributed by atoms with Crippen LogP contribution in [0, 0.1) is 0 Å². The maximum Gasteiger partial charge on any atom is 0.286 e. The molecular formula is C11H13NO3S. The molecule has 1 atom stereocenters. The molecule has 1 aliphatic rings. The Morgan fingerprint density at radius 3 is 2.56 bits per heavy atom. The van der Waals surface area contributed by atoms with E-state index < -0.39 is 21.2 Å². The van der Waals surface area contributed by atoms with Crippen LogP contribution in [0.2, 0.25) is 0 Å². The normalized spacial score (nSPS) is 24.1. The predicted octanol–water partition coefficient (Wildman–Crippen LogP) is 1.52. The van der Waals surface area contributed by atoms with Gasteiger partial charge in [0.1, 0.15) is 0 Å². The predicted molar refractivity (Wildman–Crippen MR) is 60.8 cm³/mol. The molecule has 2 rings (SSSR count). The molecular weight excluding hydrogens is 226 g/mol. The lowest BCUT2D eigenvalue weighted by Gasteiger charge is -2.18. The lowest BCUT2D eigenvalue weighted by Crippen LogP contribution is -2.16. The quantitative estimate of drug-likeness (QED) is 0.808. The van der Waals surface area contributed by atoms with E-state index in [1.807, 2.05) is 0 Å². The highest BCUT2D eigenvalue weighted by Crippen LogP contribution is 2.30. The lowest BCUT2D eigenvalue weighted by atomic mass is 9.97. The molecule has 0 saturated heterocycles. The van der Waals surface area contributed by atoms with Crippen molar-refractivity contribution in [3.63, 3.8) is 0 Å². The Morgan fingerprint density at radius 2 is 2.00 bits per heavy atom. The Bertz CT molecular complexity index is 590. The first kappa shape index (κ1) is 11.3. The average Bonchev–Trinajstić information content (AvgIpc) is 2.36. The van der Waals surface area contributed by atoms with Gasteiger partial charge in [0.2, 0.25) is 0 Å². The van der Waals surface area contributed by atoms with Crippen molar-refractivity contribution in [2.24, 2.45) is 4.36 Å². The molecule has 0 radical (unpaired) electrons. The van der Waals surface area contributed by atoms with Gasteiger partial charge in [-0.1, -0.05) is 6.07 Å². The van der Waals surface area contributed by atoms with Crippen molar-refractivity contribution in [1.29, 1.82) is 0 Å². The van der Waals surface area contributed by atoms with Crippen LogP contribution in [0.3, 0.4) is 0 Å². The fourth-order valence-electron chi connectivity index (χ4n) is 1.65. The lowest BCUT2D eigenvalue weighted by molar-refractivity contribution is 0.0782. The van der Waals surface area contributed by atoms with Crippen molar-refractivity contribution < 1.29 is 14.1 Å². The second-order valence-corrected chi connectivity index (χ2v) is 6.70. The van der Waals surface area contributed by atoms with Crippen LogP contribution in [0.15, 0.2) is 27.5 Å². The number of rotatable bonds is 1. The number of carbonyl (C=O) groups is 1. The molecule has 1 unspecified atom stereocenters. The van der Waals surface area contributed by atoms with Crippen molar-refractivity contribution >= 4 is 15.6 Å². The third-order valence-corrected chi connectivity index (χ3v) is 4.25. The van der Waals surface area contributed by atoms with Gasteiger partial charge >= 0.3 is 0 Å². The van der Waals surface area contributed by atoms with Gasteiger partial charge in [-0.15, -0.1) is 0 Å². The summed E-state index contributed by atoms with van der Waals surface area (Å²) in [5.41, 5.74) is -0.0119. The molecule has 0 spiro atoms. The zero-order valence-electron chi connectivity index (χ0n) is 9.35. The van der Waals surface area contributed by atoms with Gasteiger partial charge in [0, 0.05) is 6.26 Å². The zero-order chi connectivity index (χ0) is 12.1. The fourth-order valence-corrected chi connectivity index (χ4v) is 3.07. The SMILES string of the molecule is CC(C)(O)c1ccc2c(c1)S(C)(=O)=NC2=O. The Hall–Kier alpha value is -1.20. The van der Waals surface area contributed by atoms with Crippen molar-refractivity contribution in [3.8, 4) is 0 Å². The summed E-state index contributed by atoms with van der Waals surface area (Å²) >= 11 is 0. The highest BCUT2D eigenvalue weighted by molar-refractivity contribution is 7.93. The average molecular weight is 239 g/mol. The molecule has 0 saturated carbocycles. The monoisotopic (exact) mass is 239 g/mol. The van der Waals surface area contributed by atoms with Gasteiger partial charge < -0.3 is 5.11 Å². The van der Waals surface area contributed by atoms with Gasteiger partial charge in [-0.05, 0) is 31.5 Å². The number of amides is 1. The molecule has 16 heavy (non-hydrogen) atoms. The van der Waals surface area contributed by atoms with Gasteiger partial charge in [-0.3, -0.25) is 4.79 Å². The minimum absolute atomic E-state index is 0.375. The van der Waals surface area contributed by atoms with Crippen LogP contribution < -0.4 is 0 Å². The van der Waals surface area contributed by atoms with E-state index in [9.17, 15) is 14.1 Å². The van der Waals surface area contributed by atoms with Crippen LogP contribution in [0.25, 0.3) is 0 Å². The molecule has 1 aliphatic heterocycles. The Morgan fingerprint density at radius 1 is 1.38 bits per heavy atom. The Kier molecular flexibility index (Phi) is 2.22. The van der Waals surface area contributed by atoms with E-state index in [4.69, 9.17) is 0 Å². The molecule has 0 bridgehead atoms. The molecule has 0 aromatic heterocycles. The van der Waals surface area contributed by atoms with E-state index in [1.54, 1.807) is 32.0 Å². The second kappa shape index (κ2) is 3.15. The number of nitrogens with zero attached hydrogens (tertiary/aromatic N) is 1. The van der Waals surface area contributed by atoms with Crippen molar-refractivity contribution in [2.45, 2.75) is 24.3 Å². The molecule has 1 N–H and O–H groups in total. The highest BCUT2D eigenvalue weighted by atomic mass is 32.2. The van der Waals surface area contributed by atoms with E-state index in [1.165, 1.54) is 6.26 Å². The number of fused-ring (bicyclic) bond motifs is 1. The summed E-state index contributed by atoms with van der Waals surface area (Å²) in [6.07, 6.45) is 1.44. The summed E-state index contributed by atoms with van der Waals surface area (Å²) < 4.78 is 15.6. The van der Waals surface area contributed by atoms with Crippen molar-refractivity contribution in [3.05, 3.63) is 29.3 Å². The Balaban J connectivity index is 2.70. The maximum absolute atomic E-state index is 12.0. The van der Waals surface area contributed by atoms with Crippen LogP contribution in [0.4, 0.5) is 0 Å². The van der Waals surface area contributed by atoms with Gasteiger partial charge in [-0.25, -0.2) is 4.21 Å². The number of aliphatic hydroxyl groups is 1. The van der Waals surface area contributed by atoms with E-state index in [-0.39, 0.29) is 0 Å². The molecule has 4 nitrogen and oxygen atoms in total. The van der Waals surface area contributed by atoms with Crippen molar-refractivity contribution in [1.82, 2.24) is 0 Å². The zero-order valence-corrected chi connectivity index (χ0v) is 10.2. The largest absolute Gasteiger partial charge is 0.386 e. The molecule has 0 aliphatic carbocycles. The van der Waals surface area contributed by atoms with E-state index >= 15 is 0 Å². The summed E-state index contributed by atoms with van der Waals surface area (Å²) in [5, 5.41) is 9.85. The van der Waals surface area contributed by atoms with Crippen LogP contribution in [0.1, 0.15) is 29.8 Å². The van der Waals surface area contributed by atoms with Gasteiger partial charge in [0.25, 0.3) is 5.91 Å².